The van der Waals surface area contributed by atoms with Crippen molar-refractivity contribution in [2.24, 2.45) is 0 Å². The van der Waals surface area contributed by atoms with Crippen LogP contribution >= 0.6 is 0 Å². The summed E-state index contributed by atoms with van der Waals surface area (Å²) in [6.45, 7) is 4.95. The molecule has 5 nitrogen and oxygen atoms in total. The van der Waals surface area contributed by atoms with Crippen LogP contribution in [0.15, 0.2) is 48.5 Å². The van der Waals surface area contributed by atoms with Gasteiger partial charge in [0, 0.05) is 28.2 Å². The minimum absolute atomic E-state index is 0.0873. The number of hydrogen-bond acceptors (Lipinski definition) is 4. The van der Waals surface area contributed by atoms with Crippen LogP contribution in [0.25, 0.3) is 5.69 Å². The average Bonchev–Trinajstić information content (AvgIpc) is 3.00. The largest absolute Gasteiger partial charge is 0.493 e. The number of ether oxygens (including phenoxy) is 2. The van der Waals surface area contributed by atoms with Crippen molar-refractivity contribution < 1.29 is 23.5 Å². The third kappa shape index (κ3) is 4.21. The van der Waals surface area contributed by atoms with E-state index in [1.807, 2.05) is 18.4 Å². The first kappa shape index (κ1) is 20.3. The topological polar surface area (TPSA) is 57.5 Å². The molecular formula is C23H22FNO4. The van der Waals surface area contributed by atoms with Gasteiger partial charge in [0.1, 0.15) is 5.82 Å². The van der Waals surface area contributed by atoms with E-state index >= 15 is 0 Å². The van der Waals surface area contributed by atoms with Crippen molar-refractivity contribution in [3.63, 3.8) is 0 Å². The van der Waals surface area contributed by atoms with Gasteiger partial charge < -0.3 is 14.0 Å². The second kappa shape index (κ2) is 8.31. The lowest BCUT2D eigenvalue weighted by atomic mass is 10.1. The van der Waals surface area contributed by atoms with Crippen molar-refractivity contribution in [3.8, 4) is 17.2 Å². The van der Waals surface area contributed by atoms with Crippen LogP contribution in [0.3, 0.4) is 0 Å². The first-order valence-corrected chi connectivity index (χ1v) is 9.11. The summed E-state index contributed by atoms with van der Waals surface area (Å²) in [5, 5.41) is 0. The molecule has 0 unspecified atom stereocenters. The normalized spacial score (nSPS) is 10.7. The van der Waals surface area contributed by atoms with E-state index in [2.05, 4.69) is 0 Å². The number of methoxy groups -OCH3 is 1. The Kier molecular flexibility index (Phi) is 5.82. The Morgan fingerprint density at radius 3 is 2.45 bits per heavy atom. The number of Topliss-reactive ketones (excluding diaryl/α,β-unsaturated/α-hetero) is 2. The van der Waals surface area contributed by atoms with Gasteiger partial charge in [-0.1, -0.05) is 6.07 Å². The number of carbonyl (C=O) groups excluding carboxylic acids is 2. The van der Waals surface area contributed by atoms with Gasteiger partial charge in [-0.05, 0) is 63.2 Å². The number of nitrogens with zero attached hydrogens (tertiary/aromatic N) is 1. The zero-order chi connectivity index (χ0) is 21.1. The molecule has 29 heavy (non-hydrogen) atoms. The molecule has 0 bridgehead atoms. The van der Waals surface area contributed by atoms with E-state index in [0.717, 1.165) is 5.69 Å². The quantitative estimate of drug-likeness (QED) is 0.544. The summed E-state index contributed by atoms with van der Waals surface area (Å²) >= 11 is 0. The summed E-state index contributed by atoms with van der Waals surface area (Å²) in [7, 11) is 1.47. The van der Waals surface area contributed by atoms with Gasteiger partial charge in [-0.3, -0.25) is 9.59 Å². The molecule has 150 valence electrons. The summed E-state index contributed by atoms with van der Waals surface area (Å²) in [5.41, 5.74) is 3.19. The molecule has 0 saturated carbocycles. The van der Waals surface area contributed by atoms with Crippen LogP contribution in [0.4, 0.5) is 4.39 Å². The molecule has 0 aliphatic heterocycles. The van der Waals surface area contributed by atoms with Crippen molar-refractivity contribution in [1.82, 2.24) is 4.57 Å². The monoisotopic (exact) mass is 395 g/mol. The molecule has 0 aliphatic rings. The maximum absolute atomic E-state index is 13.6. The van der Waals surface area contributed by atoms with Crippen molar-refractivity contribution in [1.29, 1.82) is 0 Å². The summed E-state index contributed by atoms with van der Waals surface area (Å²) < 4.78 is 26.4. The van der Waals surface area contributed by atoms with Gasteiger partial charge in [0.2, 0.25) is 5.78 Å². The molecule has 0 fully saturated rings. The van der Waals surface area contributed by atoms with E-state index in [-0.39, 0.29) is 24.0 Å². The molecule has 2 aromatic carbocycles. The number of ketones is 2. The van der Waals surface area contributed by atoms with E-state index in [4.69, 9.17) is 9.47 Å². The van der Waals surface area contributed by atoms with Gasteiger partial charge in [0.15, 0.2) is 23.9 Å². The zero-order valence-electron chi connectivity index (χ0n) is 16.8. The molecule has 0 amide bonds. The minimum atomic E-state index is -0.340. The lowest BCUT2D eigenvalue weighted by Crippen LogP contribution is -2.13. The van der Waals surface area contributed by atoms with Crippen molar-refractivity contribution in [2.75, 3.05) is 13.7 Å². The lowest BCUT2D eigenvalue weighted by molar-refractivity contribution is 0.0917. The Morgan fingerprint density at radius 2 is 1.79 bits per heavy atom. The highest BCUT2D eigenvalue weighted by molar-refractivity contribution is 5.99. The molecule has 0 radical (unpaired) electrons. The Balaban J connectivity index is 1.82. The third-order valence-corrected chi connectivity index (χ3v) is 4.73. The van der Waals surface area contributed by atoms with Crippen molar-refractivity contribution in [2.45, 2.75) is 20.8 Å². The molecule has 6 heteroatoms. The number of aryl methyl sites for hydroxylation is 1. The molecule has 1 heterocycles. The van der Waals surface area contributed by atoms with E-state index in [9.17, 15) is 14.0 Å². The predicted octanol–water partition coefficient (Wildman–Crippen LogP) is 4.71. The fourth-order valence-electron chi connectivity index (χ4n) is 3.28. The Morgan fingerprint density at radius 1 is 1.03 bits per heavy atom. The summed E-state index contributed by atoms with van der Waals surface area (Å²) in [6.07, 6.45) is 0. The molecular weight excluding hydrogens is 373 g/mol. The first-order chi connectivity index (χ1) is 13.8. The van der Waals surface area contributed by atoms with Crippen LogP contribution < -0.4 is 9.47 Å². The lowest BCUT2D eigenvalue weighted by Gasteiger charge is -2.12. The molecule has 0 aliphatic carbocycles. The van der Waals surface area contributed by atoms with Gasteiger partial charge in [-0.2, -0.15) is 0 Å². The number of rotatable bonds is 7. The van der Waals surface area contributed by atoms with E-state index < -0.39 is 0 Å². The molecule has 3 rings (SSSR count). The number of hydrogen-bond donors (Lipinski definition) is 0. The Bertz CT molecular complexity index is 1080. The highest BCUT2D eigenvalue weighted by Gasteiger charge is 2.18. The average molecular weight is 395 g/mol. The highest BCUT2D eigenvalue weighted by Crippen LogP contribution is 2.29. The second-order valence-electron chi connectivity index (χ2n) is 6.73. The maximum Gasteiger partial charge on any atom is 0.202 e. The number of carbonyl (C=O) groups is 2. The first-order valence-electron chi connectivity index (χ1n) is 9.11. The Hall–Kier alpha value is -3.41. The van der Waals surface area contributed by atoms with Crippen LogP contribution in [0.5, 0.6) is 11.5 Å². The summed E-state index contributed by atoms with van der Waals surface area (Å²) in [6, 6.07) is 12.8. The van der Waals surface area contributed by atoms with E-state index in [0.29, 0.717) is 34.0 Å². The molecule has 0 spiro atoms. The van der Waals surface area contributed by atoms with Crippen LogP contribution in [0, 0.1) is 19.7 Å². The minimum Gasteiger partial charge on any atom is -0.493 e. The highest BCUT2D eigenvalue weighted by atomic mass is 19.1. The maximum atomic E-state index is 13.6. The van der Waals surface area contributed by atoms with Gasteiger partial charge in [0.25, 0.3) is 0 Å². The van der Waals surface area contributed by atoms with Gasteiger partial charge in [0.05, 0.1) is 7.11 Å². The van der Waals surface area contributed by atoms with Crippen molar-refractivity contribution in [3.05, 3.63) is 76.9 Å². The smallest absolute Gasteiger partial charge is 0.202 e. The van der Waals surface area contributed by atoms with Gasteiger partial charge >= 0.3 is 0 Å². The molecule has 0 atom stereocenters. The standard InChI is InChI=1S/C23H22FNO4/c1-14-10-20(15(2)25(14)19-7-5-6-18(24)12-19)21(27)13-29-22-9-8-17(16(3)26)11-23(22)28-4/h5-12H,13H2,1-4H3. The van der Waals surface area contributed by atoms with Crippen LogP contribution in [0.2, 0.25) is 0 Å². The fraction of sp³-hybridized carbons (Fsp3) is 0.217. The van der Waals surface area contributed by atoms with E-state index in [1.165, 1.54) is 26.2 Å². The number of halogens is 1. The van der Waals surface area contributed by atoms with Gasteiger partial charge in [-0.15, -0.1) is 0 Å². The Labute approximate surface area is 168 Å². The second-order valence-corrected chi connectivity index (χ2v) is 6.73. The van der Waals surface area contributed by atoms with Crippen LogP contribution in [-0.2, 0) is 0 Å². The number of aromatic nitrogens is 1. The SMILES string of the molecule is COc1cc(C(C)=O)ccc1OCC(=O)c1cc(C)n(-c2cccc(F)c2)c1C. The fourth-order valence-corrected chi connectivity index (χ4v) is 3.28. The molecule has 0 N–H and O–H groups in total. The third-order valence-electron chi connectivity index (χ3n) is 4.73. The predicted molar refractivity (Wildman–Crippen MR) is 108 cm³/mol. The number of benzene rings is 2. The van der Waals surface area contributed by atoms with Crippen LogP contribution in [0.1, 0.15) is 39.0 Å². The summed E-state index contributed by atoms with van der Waals surface area (Å²) in [5.74, 6) is 0.127. The summed E-state index contributed by atoms with van der Waals surface area (Å²) in [4.78, 5) is 24.3. The van der Waals surface area contributed by atoms with Crippen LogP contribution in [-0.4, -0.2) is 29.9 Å². The van der Waals surface area contributed by atoms with Crippen molar-refractivity contribution >= 4 is 11.6 Å². The molecule has 1 aromatic heterocycles. The molecule has 3 aromatic rings. The van der Waals surface area contributed by atoms with E-state index in [1.54, 1.807) is 36.4 Å². The van der Waals surface area contributed by atoms with Gasteiger partial charge in [-0.25, -0.2) is 4.39 Å². The zero-order valence-corrected chi connectivity index (χ0v) is 16.8. The molecule has 0 saturated heterocycles.